The first-order valence-corrected chi connectivity index (χ1v) is 15.0. The molecule has 220 valence electrons. The van der Waals surface area contributed by atoms with Crippen LogP contribution in [0.4, 0.5) is 8.78 Å². The van der Waals surface area contributed by atoms with Crippen LogP contribution < -0.4 is 5.32 Å². The minimum absolute atomic E-state index is 0.125. The highest BCUT2D eigenvalue weighted by molar-refractivity contribution is 7.89. The van der Waals surface area contributed by atoms with Gasteiger partial charge in [-0.3, -0.25) is 4.79 Å². The highest BCUT2D eigenvalue weighted by atomic mass is 32.2. The second-order valence-corrected chi connectivity index (χ2v) is 13.5. The van der Waals surface area contributed by atoms with Gasteiger partial charge in [-0.15, -0.1) is 0 Å². The number of aliphatic hydroxyl groups excluding tert-OH is 1. The Labute approximate surface area is 239 Å². The zero-order valence-corrected chi connectivity index (χ0v) is 24.2. The molecule has 3 aromatic rings. The minimum atomic E-state index is -4.44. The number of sulfonamides is 1. The monoisotopic (exact) mass is 586 g/mol. The molecule has 0 bridgehead atoms. The molecular formula is C31H36F2N2O5S. The van der Waals surface area contributed by atoms with Crippen LogP contribution in [-0.4, -0.2) is 60.7 Å². The van der Waals surface area contributed by atoms with E-state index in [4.69, 9.17) is 5.11 Å². The van der Waals surface area contributed by atoms with Crippen LogP contribution in [-0.2, 0) is 34.1 Å². The Morgan fingerprint density at radius 2 is 1.66 bits per heavy atom. The van der Waals surface area contributed by atoms with Gasteiger partial charge in [0.05, 0.1) is 12.5 Å². The summed E-state index contributed by atoms with van der Waals surface area (Å²) in [5.41, 5.74) is 3.04. The van der Waals surface area contributed by atoms with Crippen molar-refractivity contribution in [1.82, 2.24) is 9.62 Å². The van der Waals surface area contributed by atoms with E-state index >= 15 is 4.39 Å². The summed E-state index contributed by atoms with van der Waals surface area (Å²) in [7, 11) is -3.23. The quantitative estimate of drug-likeness (QED) is 0.290. The van der Waals surface area contributed by atoms with Crippen LogP contribution in [0.15, 0.2) is 65.6 Å². The molecule has 0 aromatic heterocycles. The van der Waals surface area contributed by atoms with Crippen LogP contribution in [0.1, 0.15) is 37.0 Å². The number of carboxylic acid groups (broad SMARTS) is 1. The van der Waals surface area contributed by atoms with Gasteiger partial charge in [-0.25, -0.2) is 17.2 Å². The number of nitrogens with one attached hydrogen (secondary N) is 1. The van der Waals surface area contributed by atoms with E-state index < -0.39 is 38.6 Å². The average Bonchev–Trinajstić information content (AvgIpc) is 3.30. The van der Waals surface area contributed by atoms with Crippen molar-refractivity contribution in [2.24, 2.45) is 5.92 Å². The first-order chi connectivity index (χ1) is 19.2. The van der Waals surface area contributed by atoms with E-state index in [9.17, 15) is 22.7 Å². The predicted molar refractivity (Wildman–Crippen MR) is 153 cm³/mol. The molecule has 0 radical (unpaired) electrons. The van der Waals surface area contributed by atoms with Gasteiger partial charge < -0.3 is 15.5 Å². The van der Waals surface area contributed by atoms with E-state index in [0.717, 1.165) is 29.6 Å². The highest BCUT2D eigenvalue weighted by Crippen LogP contribution is 2.32. The van der Waals surface area contributed by atoms with Crippen LogP contribution in [0, 0.1) is 17.6 Å². The maximum atomic E-state index is 15.0. The van der Waals surface area contributed by atoms with E-state index in [1.807, 2.05) is 26.0 Å². The Balaban J connectivity index is 1.36. The molecular weight excluding hydrogens is 550 g/mol. The van der Waals surface area contributed by atoms with Crippen molar-refractivity contribution >= 4 is 16.0 Å². The molecule has 0 aliphatic heterocycles. The van der Waals surface area contributed by atoms with Gasteiger partial charge in [0.15, 0.2) is 0 Å². The Hall–Kier alpha value is -3.18. The van der Waals surface area contributed by atoms with Crippen LogP contribution in [0.5, 0.6) is 0 Å². The standard InChI is InChI=1S/C31H36F2N2O5S/c1-31(2,17-21-12-23-6-4-5-7-24(23)13-21)34-18-25(36)19-35(3)41(39,40)29-16-27(32)26(15-28(29)33)22-10-8-20(9-11-22)14-30(37)38/h4-11,15-16,21,25,34,36H,12-14,17-19H2,1-3H3,(H,37,38)/t25-/m1/s1. The summed E-state index contributed by atoms with van der Waals surface area (Å²) in [5, 5.41) is 22.8. The van der Waals surface area contributed by atoms with Gasteiger partial charge in [0.25, 0.3) is 0 Å². The number of halogens is 2. The predicted octanol–water partition coefficient (Wildman–Crippen LogP) is 4.41. The van der Waals surface area contributed by atoms with E-state index in [-0.39, 0.29) is 36.2 Å². The summed E-state index contributed by atoms with van der Waals surface area (Å²) in [6.45, 7) is 3.90. The summed E-state index contributed by atoms with van der Waals surface area (Å²) in [6, 6.07) is 15.7. The number of benzene rings is 3. The molecule has 0 unspecified atom stereocenters. The van der Waals surface area contributed by atoms with Crippen LogP contribution in [0.25, 0.3) is 11.1 Å². The Morgan fingerprint density at radius 3 is 2.24 bits per heavy atom. The van der Waals surface area contributed by atoms with Crippen molar-refractivity contribution in [3.05, 3.63) is 89.0 Å². The largest absolute Gasteiger partial charge is 0.481 e. The molecule has 41 heavy (non-hydrogen) atoms. The SMILES string of the molecule is CN(C[C@H](O)CNC(C)(C)CC1Cc2ccccc2C1)S(=O)(=O)c1cc(F)c(-c2ccc(CC(=O)O)cc2)cc1F. The molecule has 0 heterocycles. The molecule has 1 aliphatic rings. The van der Waals surface area contributed by atoms with Crippen molar-refractivity contribution in [1.29, 1.82) is 0 Å². The van der Waals surface area contributed by atoms with E-state index in [1.165, 1.54) is 42.4 Å². The summed E-state index contributed by atoms with van der Waals surface area (Å²) >= 11 is 0. The minimum Gasteiger partial charge on any atom is -0.481 e. The maximum absolute atomic E-state index is 15.0. The Bertz CT molecular complexity index is 1480. The number of carboxylic acids is 1. The lowest BCUT2D eigenvalue weighted by molar-refractivity contribution is -0.136. The number of carbonyl (C=O) groups is 1. The number of hydrogen-bond donors (Lipinski definition) is 3. The molecule has 0 saturated carbocycles. The van der Waals surface area contributed by atoms with Gasteiger partial charge in [0.1, 0.15) is 16.5 Å². The van der Waals surface area contributed by atoms with Crippen molar-refractivity contribution in [2.45, 2.75) is 56.1 Å². The summed E-state index contributed by atoms with van der Waals surface area (Å²) in [5.74, 6) is -2.62. The topological polar surface area (TPSA) is 107 Å². The molecule has 1 atom stereocenters. The lowest BCUT2D eigenvalue weighted by Gasteiger charge is -2.31. The summed E-state index contributed by atoms with van der Waals surface area (Å²) in [6.07, 6.45) is 1.59. The third-order valence-electron chi connectivity index (χ3n) is 7.55. The van der Waals surface area contributed by atoms with Crippen molar-refractivity contribution in [3.8, 4) is 11.1 Å². The van der Waals surface area contributed by atoms with E-state index in [1.54, 1.807) is 0 Å². The zero-order chi connectivity index (χ0) is 29.9. The lowest BCUT2D eigenvalue weighted by atomic mass is 9.88. The molecule has 0 fully saturated rings. The average molecular weight is 587 g/mol. The maximum Gasteiger partial charge on any atom is 0.307 e. The first-order valence-electron chi connectivity index (χ1n) is 13.5. The smallest absolute Gasteiger partial charge is 0.307 e. The zero-order valence-electron chi connectivity index (χ0n) is 23.4. The lowest BCUT2D eigenvalue weighted by Crippen LogP contribution is -2.47. The van der Waals surface area contributed by atoms with Gasteiger partial charge in [-0.2, -0.15) is 4.31 Å². The second kappa shape index (κ2) is 12.4. The number of nitrogens with zero attached hydrogens (tertiary/aromatic N) is 1. The van der Waals surface area contributed by atoms with Gasteiger partial charge in [0, 0.05) is 31.2 Å². The van der Waals surface area contributed by atoms with Crippen LogP contribution >= 0.6 is 0 Å². The number of hydrogen-bond acceptors (Lipinski definition) is 5. The number of aliphatic hydroxyl groups is 1. The Morgan fingerprint density at radius 1 is 1.05 bits per heavy atom. The molecule has 0 spiro atoms. The summed E-state index contributed by atoms with van der Waals surface area (Å²) in [4.78, 5) is 10.0. The van der Waals surface area contributed by atoms with Gasteiger partial charge in [0.2, 0.25) is 10.0 Å². The molecule has 4 rings (SSSR count). The molecule has 3 N–H and O–H groups in total. The van der Waals surface area contributed by atoms with Gasteiger partial charge >= 0.3 is 5.97 Å². The molecule has 10 heteroatoms. The number of aliphatic carboxylic acids is 1. The van der Waals surface area contributed by atoms with Crippen molar-refractivity contribution < 1.29 is 32.2 Å². The van der Waals surface area contributed by atoms with Crippen LogP contribution in [0.3, 0.4) is 0 Å². The van der Waals surface area contributed by atoms with E-state index in [2.05, 4.69) is 17.4 Å². The van der Waals surface area contributed by atoms with Crippen LogP contribution in [0.2, 0.25) is 0 Å². The number of fused-ring (bicyclic) bond motifs is 1. The number of likely N-dealkylation sites (N-methyl/N-ethyl adjacent to an activating group) is 1. The van der Waals surface area contributed by atoms with Crippen molar-refractivity contribution in [3.63, 3.8) is 0 Å². The number of β-amino-alcohol motifs (C(OH)–C–C–N with tert-alkyl or cyclic N) is 1. The third-order valence-corrected chi connectivity index (χ3v) is 9.39. The molecule has 0 amide bonds. The van der Waals surface area contributed by atoms with Gasteiger partial charge in [-0.1, -0.05) is 48.5 Å². The fraction of sp³-hybridized carbons (Fsp3) is 0.387. The van der Waals surface area contributed by atoms with E-state index in [0.29, 0.717) is 17.5 Å². The number of rotatable bonds is 12. The second-order valence-electron chi connectivity index (χ2n) is 11.5. The fourth-order valence-electron chi connectivity index (χ4n) is 5.53. The molecule has 7 nitrogen and oxygen atoms in total. The molecule has 1 aliphatic carbocycles. The fourth-order valence-corrected chi connectivity index (χ4v) is 6.80. The third kappa shape index (κ3) is 7.56. The van der Waals surface area contributed by atoms with Gasteiger partial charge in [-0.05, 0) is 73.4 Å². The molecule has 3 aromatic carbocycles. The molecule has 0 saturated heterocycles. The Kier molecular flexibility index (Phi) is 9.28. The normalized spacial score (nSPS) is 14.8. The van der Waals surface area contributed by atoms with Crippen molar-refractivity contribution in [2.75, 3.05) is 20.1 Å². The highest BCUT2D eigenvalue weighted by Gasteiger charge is 2.31. The summed E-state index contributed by atoms with van der Waals surface area (Å²) < 4.78 is 57.0. The first kappa shape index (κ1) is 30.8.